The third-order valence-corrected chi connectivity index (χ3v) is 4.12. The molecule has 144 valence electrons. The molecule has 0 spiro atoms. The van der Waals surface area contributed by atoms with Crippen LogP contribution in [0.1, 0.15) is 18.1 Å². The fourth-order valence-corrected chi connectivity index (χ4v) is 2.61. The van der Waals surface area contributed by atoms with Crippen molar-refractivity contribution in [1.29, 1.82) is 0 Å². The van der Waals surface area contributed by atoms with Crippen LogP contribution in [-0.2, 0) is 22.6 Å². The van der Waals surface area contributed by atoms with Crippen LogP contribution in [0.5, 0.6) is 11.5 Å². The molecule has 0 radical (unpaired) electrons. The fraction of sp³-hybridized carbons (Fsp3) is 0.300. The number of benzene rings is 2. The van der Waals surface area contributed by atoms with E-state index in [1.165, 1.54) is 17.0 Å². The molecule has 27 heavy (non-hydrogen) atoms. The van der Waals surface area contributed by atoms with Crippen molar-refractivity contribution >= 4 is 12.1 Å². The highest BCUT2D eigenvalue weighted by Crippen LogP contribution is 2.16. The second kappa shape index (κ2) is 9.47. The summed E-state index contributed by atoms with van der Waals surface area (Å²) in [7, 11) is 1.56. The van der Waals surface area contributed by atoms with Gasteiger partial charge in [-0.25, -0.2) is 9.59 Å². The Morgan fingerprint density at radius 1 is 1.04 bits per heavy atom. The Kier molecular flexibility index (Phi) is 7.05. The van der Waals surface area contributed by atoms with E-state index in [9.17, 15) is 19.8 Å². The third kappa shape index (κ3) is 5.64. The second-order valence-electron chi connectivity index (χ2n) is 5.91. The van der Waals surface area contributed by atoms with Crippen LogP contribution in [0.3, 0.4) is 0 Å². The summed E-state index contributed by atoms with van der Waals surface area (Å²) in [5, 5.41) is 18.9. The number of aromatic hydroxyl groups is 1. The van der Waals surface area contributed by atoms with Gasteiger partial charge >= 0.3 is 12.1 Å². The number of methoxy groups -OCH3 is 1. The molecule has 0 aromatic heterocycles. The molecule has 0 saturated carbocycles. The molecule has 1 amide bonds. The standard InChI is InChI=1S/C20H23NO6/c1-3-21(18(19(23)24)12-14-4-8-16(22)9-5-14)20(25)27-13-15-6-10-17(26-2)11-7-15/h4-11,18,22H,3,12-13H2,1-2H3,(H,23,24)/t18-/m0/s1. The number of rotatable bonds is 8. The van der Waals surface area contributed by atoms with Crippen molar-refractivity contribution in [3.05, 3.63) is 59.7 Å². The van der Waals surface area contributed by atoms with Gasteiger partial charge in [0.25, 0.3) is 0 Å². The number of nitrogens with zero attached hydrogens (tertiary/aromatic N) is 1. The minimum atomic E-state index is -1.12. The molecule has 7 heteroatoms. The fourth-order valence-electron chi connectivity index (χ4n) is 2.61. The summed E-state index contributed by atoms with van der Waals surface area (Å²) in [5.74, 6) is -0.330. The zero-order valence-corrected chi connectivity index (χ0v) is 15.3. The molecule has 0 aliphatic rings. The van der Waals surface area contributed by atoms with Crippen molar-refractivity contribution in [2.24, 2.45) is 0 Å². The topological polar surface area (TPSA) is 96.3 Å². The van der Waals surface area contributed by atoms with Crippen LogP contribution in [0.25, 0.3) is 0 Å². The molecule has 2 N–H and O–H groups in total. The maximum atomic E-state index is 12.4. The molecular weight excluding hydrogens is 350 g/mol. The van der Waals surface area contributed by atoms with E-state index in [-0.39, 0.29) is 25.3 Å². The Hall–Kier alpha value is -3.22. The average molecular weight is 373 g/mol. The van der Waals surface area contributed by atoms with Crippen molar-refractivity contribution < 1.29 is 29.3 Å². The van der Waals surface area contributed by atoms with Crippen LogP contribution in [0.2, 0.25) is 0 Å². The predicted molar refractivity (Wildman–Crippen MR) is 98.8 cm³/mol. The molecule has 2 aromatic rings. The maximum Gasteiger partial charge on any atom is 0.410 e. The largest absolute Gasteiger partial charge is 0.508 e. The van der Waals surface area contributed by atoms with Gasteiger partial charge in [-0.05, 0) is 42.3 Å². The number of aliphatic carboxylic acids is 1. The Labute approximate surface area is 157 Å². The molecule has 7 nitrogen and oxygen atoms in total. The second-order valence-corrected chi connectivity index (χ2v) is 5.91. The van der Waals surface area contributed by atoms with Gasteiger partial charge in [0.05, 0.1) is 7.11 Å². The smallest absolute Gasteiger partial charge is 0.410 e. The van der Waals surface area contributed by atoms with E-state index in [1.807, 2.05) is 0 Å². The van der Waals surface area contributed by atoms with E-state index in [0.29, 0.717) is 11.3 Å². The molecule has 0 bridgehead atoms. The number of ether oxygens (including phenoxy) is 2. The van der Waals surface area contributed by atoms with Gasteiger partial charge in [0, 0.05) is 13.0 Å². The minimum Gasteiger partial charge on any atom is -0.508 e. The number of phenolic OH excluding ortho intramolecular Hbond substituents is 1. The Morgan fingerprint density at radius 2 is 1.63 bits per heavy atom. The van der Waals surface area contributed by atoms with E-state index in [1.54, 1.807) is 50.4 Å². The highest BCUT2D eigenvalue weighted by Gasteiger charge is 2.29. The summed E-state index contributed by atoms with van der Waals surface area (Å²) in [4.78, 5) is 25.3. The summed E-state index contributed by atoms with van der Waals surface area (Å²) < 4.78 is 10.4. The van der Waals surface area contributed by atoms with Gasteiger partial charge < -0.3 is 19.7 Å². The Bertz CT molecular complexity index is 757. The molecule has 0 heterocycles. The molecule has 0 fully saturated rings. The summed E-state index contributed by atoms with van der Waals surface area (Å²) in [6, 6.07) is 12.2. The minimum absolute atomic E-state index is 0.0326. The Balaban J connectivity index is 2.04. The number of hydrogen-bond donors (Lipinski definition) is 2. The number of carbonyl (C=O) groups excluding carboxylic acids is 1. The van der Waals surface area contributed by atoms with Crippen molar-refractivity contribution in [3.8, 4) is 11.5 Å². The first-order valence-corrected chi connectivity index (χ1v) is 8.51. The number of amides is 1. The highest BCUT2D eigenvalue weighted by molar-refractivity contribution is 5.80. The van der Waals surface area contributed by atoms with E-state index < -0.39 is 18.1 Å². The van der Waals surface area contributed by atoms with E-state index in [4.69, 9.17) is 9.47 Å². The molecule has 0 unspecified atom stereocenters. The lowest BCUT2D eigenvalue weighted by Gasteiger charge is -2.27. The van der Waals surface area contributed by atoms with Crippen molar-refractivity contribution in [2.75, 3.05) is 13.7 Å². The molecule has 0 aliphatic carbocycles. The zero-order valence-electron chi connectivity index (χ0n) is 15.3. The summed E-state index contributed by atoms with van der Waals surface area (Å²) >= 11 is 0. The first kappa shape index (κ1) is 20.1. The summed E-state index contributed by atoms with van der Waals surface area (Å²) in [6.45, 7) is 1.92. The van der Waals surface area contributed by atoms with Gasteiger partial charge in [-0.2, -0.15) is 0 Å². The number of carboxylic acids is 1. The molecule has 1 atom stereocenters. The monoisotopic (exact) mass is 373 g/mol. The maximum absolute atomic E-state index is 12.4. The number of likely N-dealkylation sites (N-methyl/N-ethyl adjacent to an activating group) is 1. The number of carboxylic acid groups (broad SMARTS) is 1. The number of carbonyl (C=O) groups is 2. The molecular formula is C20H23NO6. The van der Waals surface area contributed by atoms with Crippen LogP contribution in [-0.4, -0.2) is 46.9 Å². The first-order valence-electron chi connectivity index (χ1n) is 8.51. The number of hydrogen-bond acceptors (Lipinski definition) is 5. The van der Waals surface area contributed by atoms with Crippen LogP contribution >= 0.6 is 0 Å². The van der Waals surface area contributed by atoms with Crippen LogP contribution in [0.15, 0.2) is 48.5 Å². The Morgan fingerprint density at radius 3 is 2.15 bits per heavy atom. The first-order chi connectivity index (χ1) is 12.9. The lowest BCUT2D eigenvalue weighted by molar-refractivity contribution is -0.142. The SMILES string of the molecule is CCN(C(=O)OCc1ccc(OC)cc1)[C@@H](Cc1ccc(O)cc1)C(=O)O. The van der Waals surface area contributed by atoms with Gasteiger partial charge in [-0.3, -0.25) is 4.90 Å². The molecule has 2 aromatic carbocycles. The predicted octanol–water partition coefficient (Wildman–Crippen LogP) is 3.06. The van der Waals surface area contributed by atoms with Gasteiger partial charge in [0.2, 0.25) is 0 Å². The normalized spacial score (nSPS) is 11.5. The van der Waals surface area contributed by atoms with E-state index >= 15 is 0 Å². The van der Waals surface area contributed by atoms with Gasteiger partial charge in [-0.15, -0.1) is 0 Å². The van der Waals surface area contributed by atoms with Crippen molar-refractivity contribution in [2.45, 2.75) is 26.0 Å². The quantitative estimate of drug-likeness (QED) is 0.738. The van der Waals surface area contributed by atoms with Crippen LogP contribution in [0.4, 0.5) is 4.79 Å². The number of phenols is 1. The van der Waals surface area contributed by atoms with Crippen molar-refractivity contribution in [3.63, 3.8) is 0 Å². The van der Waals surface area contributed by atoms with Crippen molar-refractivity contribution in [1.82, 2.24) is 4.90 Å². The summed E-state index contributed by atoms with van der Waals surface area (Å²) in [6.07, 6.45) is -0.583. The van der Waals surface area contributed by atoms with E-state index in [0.717, 1.165) is 5.56 Å². The molecule has 0 saturated heterocycles. The average Bonchev–Trinajstić information content (AvgIpc) is 2.68. The van der Waals surface area contributed by atoms with Gasteiger partial charge in [0.15, 0.2) is 0 Å². The van der Waals surface area contributed by atoms with Gasteiger partial charge in [0.1, 0.15) is 24.1 Å². The third-order valence-electron chi connectivity index (χ3n) is 4.12. The molecule has 2 rings (SSSR count). The lowest BCUT2D eigenvalue weighted by atomic mass is 10.0. The van der Waals surface area contributed by atoms with Crippen LogP contribution < -0.4 is 4.74 Å². The van der Waals surface area contributed by atoms with Crippen LogP contribution in [0, 0.1) is 0 Å². The molecule has 0 aliphatic heterocycles. The summed E-state index contributed by atoms with van der Waals surface area (Å²) in [5.41, 5.74) is 1.47. The van der Waals surface area contributed by atoms with Gasteiger partial charge in [-0.1, -0.05) is 24.3 Å². The highest BCUT2D eigenvalue weighted by atomic mass is 16.6. The van der Waals surface area contributed by atoms with E-state index in [2.05, 4.69) is 0 Å². The lowest BCUT2D eigenvalue weighted by Crippen LogP contribution is -2.46. The zero-order chi connectivity index (χ0) is 19.8.